The molecule has 3 aliphatic rings. The van der Waals surface area contributed by atoms with Gasteiger partial charge in [-0.15, -0.1) is 0 Å². The summed E-state index contributed by atoms with van der Waals surface area (Å²) in [6.07, 6.45) is 1.69. The van der Waals surface area contributed by atoms with Crippen LogP contribution in [0.1, 0.15) is 18.1 Å². The summed E-state index contributed by atoms with van der Waals surface area (Å²) in [5, 5.41) is 0. The van der Waals surface area contributed by atoms with Crippen LogP contribution in [0.4, 0.5) is 0 Å². The van der Waals surface area contributed by atoms with Crippen LogP contribution in [0.3, 0.4) is 0 Å². The third kappa shape index (κ3) is 2.66. The number of nitrogens with two attached hydrogens (primary N) is 1. The van der Waals surface area contributed by atoms with Crippen molar-refractivity contribution in [3.05, 3.63) is 46.1 Å². The number of rotatable bonds is 3. The number of hydrogen-bond acceptors (Lipinski definition) is 7. The molecule has 8 heteroatoms. The molecule has 5 rings (SSSR count). The number of pyridine rings is 1. The van der Waals surface area contributed by atoms with Gasteiger partial charge in [-0.25, -0.2) is 9.98 Å². The molecule has 27 heavy (non-hydrogen) atoms. The normalized spacial score (nSPS) is 24.1. The Kier molecular flexibility index (Phi) is 3.64. The van der Waals surface area contributed by atoms with E-state index in [1.807, 2.05) is 24.3 Å². The largest absolute Gasteiger partial charge is 0.493 e. The summed E-state index contributed by atoms with van der Waals surface area (Å²) in [5.41, 5.74) is 6.80. The molecule has 3 aliphatic heterocycles. The second-order valence-corrected chi connectivity index (χ2v) is 8.37. The summed E-state index contributed by atoms with van der Waals surface area (Å²) < 4.78 is 23.7. The molecule has 0 radical (unpaired) electrons. The average molecular weight is 432 g/mol. The first-order valence-corrected chi connectivity index (χ1v) is 9.44. The maximum absolute atomic E-state index is 6.04. The van der Waals surface area contributed by atoms with Gasteiger partial charge in [0.1, 0.15) is 18.1 Å². The number of halogens is 1. The lowest BCUT2D eigenvalue weighted by molar-refractivity contribution is -0.120. The molecular formula is C19H18BrN3O4. The highest BCUT2D eigenvalue weighted by Crippen LogP contribution is 2.51. The van der Waals surface area contributed by atoms with Crippen molar-refractivity contribution in [1.29, 1.82) is 0 Å². The maximum Gasteiger partial charge on any atom is 0.283 e. The molecule has 4 heterocycles. The van der Waals surface area contributed by atoms with E-state index in [9.17, 15) is 0 Å². The lowest BCUT2D eigenvalue weighted by Gasteiger charge is -2.37. The van der Waals surface area contributed by atoms with E-state index in [-0.39, 0.29) is 18.0 Å². The molecule has 1 aromatic heterocycles. The van der Waals surface area contributed by atoms with Crippen LogP contribution >= 0.6 is 15.9 Å². The first kappa shape index (κ1) is 16.8. The van der Waals surface area contributed by atoms with E-state index in [1.165, 1.54) is 0 Å². The second kappa shape index (κ2) is 5.84. The molecule has 0 amide bonds. The Hall–Kier alpha value is -2.32. The fourth-order valence-electron chi connectivity index (χ4n) is 3.56. The van der Waals surface area contributed by atoms with E-state index in [4.69, 9.17) is 24.7 Å². The zero-order chi connectivity index (χ0) is 18.6. The van der Waals surface area contributed by atoms with Crippen molar-refractivity contribution in [2.45, 2.75) is 12.5 Å². The lowest BCUT2D eigenvalue weighted by atomic mass is 9.82. The lowest BCUT2D eigenvalue weighted by Crippen LogP contribution is -2.44. The second-order valence-electron chi connectivity index (χ2n) is 7.46. The van der Waals surface area contributed by atoms with E-state index in [0.717, 1.165) is 21.3 Å². The summed E-state index contributed by atoms with van der Waals surface area (Å²) >= 11 is 3.48. The summed E-state index contributed by atoms with van der Waals surface area (Å²) in [5.74, 6) is 1.92. The van der Waals surface area contributed by atoms with Gasteiger partial charge in [0.25, 0.3) is 6.02 Å². The van der Waals surface area contributed by atoms with Gasteiger partial charge in [0, 0.05) is 21.6 Å². The maximum atomic E-state index is 6.04. The molecule has 1 atom stereocenters. The number of ether oxygens (including phenoxy) is 4. The molecule has 1 saturated heterocycles. The molecule has 7 nitrogen and oxygen atoms in total. The number of hydrogen-bond donors (Lipinski definition) is 1. The number of aromatic nitrogens is 1. The summed E-state index contributed by atoms with van der Waals surface area (Å²) in [7, 11) is 0. The molecule has 0 aliphatic carbocycles. The number of nitrogens with zero attached hydrogens (tertiary/aromatic N) is 2. The minimum atomic E-state index is -0.799. The third-order valence-electron chi connectivity index (χ3n) is 5.08. The van der Waals surface area contributed by atoms with Crippen molar-refractivity contribution in [1.82, 2.24) is 4.98 Å². The van der Waals surface area contributed by atoms with E-state index >= 15 is 0 Å². The average Bonchev–Trinajstić information content (AvgIpc) is 3.02. The van der Waals surface area contributed by atoms with Crippen molar-refractivity contribution < 1.29 is 18.9 Å². The standard InChI is InChI=1S/C19H18BrN3O4/c1-18(7-24-8-18)9-25-12-2-3-15-13(5-12)19(10-26-17(21)23-19)14-4-11(20)6-22-16(14)27-15/h2-6H,7-10H2,1H3,(H2,21,23)/t19-/m1/s1. The molecule has 0 bridgehead atoms. The minimum Gasteiger partial charge on any atom is -0.493 e. The Morgan fingerprint density at radius 2 is 2.07 bits per heavy atom. The number of benzene rings is 1. The number of fused-ring (bicyclic) bond motifs is 4. The van der Waals surface area contributed by atoms with Crippen LogP contribution in [0.25, 0.3) is 0 Å². The molecule has 2 aromatic rings. The Balaban J connectivity index is 1.57. The molecule has 1 fully saturated rings. The molecule has 0 unspecified atom stereocenters. The zero-order valence-electron chi connectivity index (χ0n) is 14.7. The molecule has 2 N–H and O–H groups in total. The van der Waals surface area contributed by atoms with Gasteiger partial charge in [-0.1, -0.05) is 6.92 Å². The van der Waals surface area contributed by atoms with Gasteiger partial charge in [0.2, 0.25) is 5.88 Å². The van der Waals surface area contributed by atoms with E-state index < -0.39 is 5.54 Å². The van der Waals surface area contributed by atoms with Crippen LogP contribution in [0.2, 0.25) is 0 Å². The van der Waals surface area contributed by atoms with Gasteiger partial charge in [-0.2, -0.15) is 0 Å². The Morgan fingerprint density at radius 3 is 2.78 bits per heavy atom. The van der Waals surface area contributed by atoms with Gasteiger partial charge < -0.3 is 24.7 Å². The minimum absolute atomic E-state index is 0.0600. The zero-order valence-corrected chi connectivity index (χ0v) is 16.3. The summed E-state index contributed by atoms with van der Waals surface area (Å²) in [6.45, 7) is 4.45. The Morgan fingerprint density at radius 1 is 1.22 bits per heavy atom. The Labute approximate surface area is 164 Å². The predicted octanol–water partition coefficient (Wildman–Crippen LogP) is 2.95. The first-order valence-electron chi connectivity index (χ1n) is 8.65. The van der Waals surface area contributed by atoms with Gasteiger partial charge in [0.15, 0.2) is 5.54 Å². The highest BCUT2D eigenvalue weighted by molar-refractivity contribution is 9.10. The molecule has 0 saturated carbocycles. The monoisotopic (exact) mass is 431 g/mol. The van der Waals surface area contributed by atoms with Crippen LogP contribution in [-0.2, 0) is 15.0 Å². The molecule has 1 aromatic carbocycles. The van der Waals surface area contributed by atoms with Crippen LogP contribution in [0.15, 0.2) is 39.9 Å². The van der Waals surface area contributed by atoms with Crippen molar-refractivity contribution >= 4 is 22.0 Å². The quantitative estimate of drug-likeness (QED) is 0.803. The SMILES string of the molecule is CC1(COc2ccc3c(c2)[C@]2(COC(N)=N2)c2cc(Br)cnc2O3)COC1. The van der Waals surface area contributed by atoms with Crippen molar-refractivity contribution in [3.63, 3.8) is 0 Å². The van der Waals surface area contributed by atoms with Crippen LogP contribution in [0.5, 0.6) is 17.4 Å². The fourth-order valence-corrected chi connectivity index (χ4v) is 3.89. The van der Waals surface area contributed by atoms with E-state index in [2.05, 4.69) is 32.8 Å². The summed E-state index contributed by atoms with van der Waals surface area (Å²) in [6, 6.07) is 7.81. The van der Waals surface area contributed by atoms with E-state index in [0.29, 0.717) is 31.5 Å². The van der Waals surface area contributed by atoms with Gasteiger partial charge in [0.05, 0.1) is 25.4 Å². The number of amidine groups is 1. The Bertz CT molecular complexity index is 960. The first-order chi connectivity index (χ1) is 13.0. The van der Waals surface area contributed by atoms with Crippen molar-refractivity contribution in [3.8, 4) is 17.4 Å². The summed E-state index contributed by atoms with van der Waals surface area (Å²) in [4.78, 5) is 9.03. The highest BCUT2D eigenvalue weighted by atomic mass is 79.9. The van der Waals surface area contributed by atoms with Gasteiger partial charge >= 0.3 is 0 Å². The van der Waals surface area contributed by atoms with Crippen LogP contribution in [-0.4, -0.2) is 37.4 Å². The van der Waals surface area contributed by atoms with Crippen LogP contribution in [0, 0.1) is 5.41 Å². The third-order valence-corrected chi connectivity index (χ3v) is 5.52. The smallest absolute Gasteiger partial charge is 0.283 e. The van der Waals surface area contributed by atoms with Gasteiger partial charge in [-0.3, -0.25) is 0 Å². The van der Waals surface area contributed by atoms with Crippen molar-refractivity contribution in [2.24, 2.45) is 16.1 Å². The highest BCUT2D eigenvalue weighted by Gasteiger charge is 2.48. The predicted molar refractivity (Wildman–Crippen MR) is 101 cm³/mol. The van der Waals surface area contributed by atoms with Crippen LogP contribution < -0.4 is 15.2 Å². The number of aliphatic imine (C=N–C) groups is 1. The molecule has 1 spiro atoms. The molecular weight excluding hydrogens is 414 g/mol. The topological polar surface area (TPSA) is 88.2 Å². The molecule has 140 valence electrons. The fraction of sp³-hybridized carbons (Fsp3) is 0.368. The van der Waals surface area contributed by atoms with E-state index in [1.54, 1.807) is 6.20 Å². The van der Waals surface area contributed by atoms with Crippen molar-refractivity contribution in [2.75, 3.05) is 26.4 Å². The van der Waals surface area contributed by atoms with Gasteiger partial charge in [-0.05, 0) is 40.2 Å².